The third-order valence-electron chi connectivity index (χ3n) is 8.26. The van der Waals surface area contributed by atoms with Crippen LogP contribution in [0.15, 0.2) is 12.4 Å². The smallest absolute Gasteiger partial charge is 0.323 e. The van der Waals surface area contributed by atoms with E-state index >= 15 is 0 Å². The second-order valence-corrected chi connectivity index (χ2v) is 11.3. The minimum atomic E-state index is -4.43. The second kappa shape index (κ2) is 6.73. The lowest BCUT2D eigenvalue weighted by Gasteiger charge is -2.63. The van der Waals surface area contributed by atoms with Gasteiger partial charge >= 0.3 is 12.2 Å². The maximum Gasteiger partial charge on any atom is 0.435 e. The van der Waals surface area contributed by atoms with Crippen LogP contribution in [0.3, 0.4) is 0 Å². The summed E-state index contributed by atoms with van der Waals surface area (Å²) in [6.07, 6.45) is 1.98. The monoisotopic (exact) mass is 476 g/mol. The maximum absolute atomic E-state index is 12.9. The SMILES string of the molecule is O=C(N1CC2(CC(n3cnc(C4CC4)n3)C2)C1)N1CC2(CN(Cc3cc(C(F)(F)F)n[nH]3)C2)C1. The predicted octanol–water partition coefficient (Wildman–Crippen LogP) is 2.47. The minimum Gasteiger partial charge on any atom is -0.323 e. The Hall–Kier alpha value is -2.63. The van der Waals surface area contributed by atoms with Gasteiger partial charge in [-0.05, 0) is 31.7 Å². The van der Waals surface area contributed by atoms with Crippen LogP contribution in [0.25, 0.3) is 0 Å². The van der Waals surface area contributed by atoms with Gasteiger partial charge in [-0.25, -0.2) is 14.5 Å². The molecular weight excluding hydrogens is 449 g/mol. The van der Waals surface area contributed by atoms with Gasteiger partial charge in [0.25, 0.3) is 0 Å². The summed E-state index contributed by atoms with van der Waals surface area (Å²) >= 11 is 0. The number of H-pyrrole nitrogens is 1. The number of carbonyl (C=O) groups is 1. The normalized spacial score (nSPS) is 25.7. The summed E-state index contributed by atoms with van der Waals surface area (Å²) in [5.74, 6) is 1.56. The van der Waals surface area contributed by atoms with Crippen molar-refractivity contribution in [2.24, 2.45) is 10.8 Å². The fraction of sp³-hybridized carbons (Fsp3) is 0.727. The van der Waals surface area contributed by atoms with Gasteiger partial charge in [-0.3, -0.25) is 10.00 Å². The van der Waals surface area contributed by atoms with Gasteiger partial charge in [0.15, 0.2) is 11.5 Å². The summed E-state index contributed by atoms with van der Waals surface area (Å²) < 4.78 is 40.1. The summed E-state index contributed by atoms with van der Waals surface area (Å²) in [4.78, 5) is 23.3. The van der Waals surface area contributed by atoms with Crippen LogP contribution in [-0.4, -0.2) is 85.0 Å². The van der Waals surface area contributed by atoms with Crippen LogP contribution in [0.2, 0.25) is 0 Å². The van der Waals surface area contributed by atoms with Crippen molar-refractivity contribution in [2.45, 2.75) is 50.4 Å². The largest absolute Gasteiger partial charge is 0.435 e. The van der Waals surface area contributed by atoms with Crippen LogP contribution < -0.4 is 0 Å². The highest BCUT2D eigenvalue weighted by molar-refractivity contribution is 5.77. The molecule has 0 atom stereocenters. The van der Waals surface area contributed by atoms with E-state index in [4.69, 9.17) is 0 Å². The molecule has 2 spiro atoms. The summed E-state index contributed by atoms with van der Waals surface area (Å²) in [6.45, 7) is 5.12. The van der Waals surface area contributed by atoms with Gasteiger partial charge in [0.2, 0.25) is 0 Å². The molecule has 0 unspecified atom stereocenters. The van der Waals surface area contributed by atoms with Crippen LogP contribution in [0.5, 0.6) is 0 Å². The molecule has 2 aromatic rings. The van der Waals surface area contributed by atoms with E-state index in [1.807, 2.05) is 20.8 Å². The molecule has 9 nitrogen and oxygen atoms in total. The average molecular weight is 477 g/mol. The van der Waals surface area contributed by atoms with Crippen molar-refractivity contribution < 1.29 is 18.0 Å². The number of aromatic amines is 1. The first kappa shape index (κ1) is 20.7. The zero-order valence-corrected chi connectivity index (χ0v) is 18.8. The van der Waals surface area contributed by atoms with Crippen LogP contribution >= 0.6 is 0 Å². The molecule has 0 bridgehead atoms. The van der Waals surface area contributed by atoms with E-state index < -0.39 is 11.9 Å². The summed E-state index contributed by atoms with van der Waals surface area (Å²) in [6, 6.07) is 1.60. The van der Waals surface area contributed by atoms with Crippen molar-refractivity contribution >= 4 is 6.03 Å². The van der Waals surface area contributed by atoms with Crippen molar-refractivity contribution in [2.75, 3.05) is 39.3 Å². The average Bonchev–Trinajstić information content (AvgIpc) is 3.19. The highest BCUT2D eigenvalue weighted by Gasteiger charge is 2.58. The van der Waals surface area contributed by atoms with Crippen molar-refractivity contribution in [1.82, 2.24) is 39.7 Å². The number of hydrogen-bond acceptors (Lipinski definition) is 5. The third-order valence-corrected chi connectivity index (χ3v) is 8.26. The Labute approximate surface area is 194 Å². The highest BCUT2D eigenvalue weighted by Crippen LogP contribution is 2.54. The molecule has 5 fully saturated rings. The van der Waals surface area contributed by atoms with Gasteiger partial charge in [0.05, 0.1) is 6.04 Å². The molecule has 2 saturated carbocycles. The second-order valence-electron chi connectivity index (χ2n) is 11.3. The highest BCUT2D eigenvalue weighted by atomic mass is 19.4. The van der Waals surface area contributed by atoms with Gasteiger partial charge in [0, 0.05) is 68.3 Å². The Balaban J connectivity index is 0.844. The summed E-state index contributed by atoms with van der Waals surface area (Å²) in [5, 5.41) is 10.5. The molecule has 0 aromatic carbocycles. The Morgan fingerprint density at radius 3 is 2.35 bits per heavy atom. The van der Waals surface area contributed by atoms with Gasteiger partial charge in [0.1, 0.15) is 6.33 Å². The van der Waals surface area contributed by atoms with Crippen molar-refractivity contribution in [3.63, 3.8) is 0 Å². The van der Waals surface area contributed by atoms with Crippen LogP contribution in [0.1, 0.15) is 54.9 Å². The number of carbonyl (C=O) groups excluding carboxylic acids is 1. The molecule has 7 rings (SSSR count). The molecule has 2 aliphatic carbocycles. The molecule has 0 radical (unpaired) electrons. The number of rotatable bonds is 4. The van der Waals surface area contributed by atoms with Crippen LogP contribution in [0, 0.1) is 10.8 Å². The van der Waals surface area contributed by atoms with Gasteiger partial charge in [-0.1, -0.05) is 0 Å². The van der Waals surface area contributed by atoms with Crippen molar-refractivity contribution in [3.8, 4) is 0 Å². The van der Waals surface area contributed by atoms with E-state index in [0.29, 0.717) is 24.2 Å². The van der Waals surface area contributed by atoms with E-state index in [9.17, 15) is 18.0 Å². The van der Waals surface area contributed by atoms with Gasteiger partial charge in [-0.2, -0.15) is 23.4 Å². The molecule has 5 aliphatic rings. The van der Waals surface area contributed by atoms with E-state index in [1.54, 1.807) is 0 Å². The number of nitrogens with one attached hydrogen (secondary N) is 1. The van der Waals surface area contributed by atoms with Crippen LogP contribution in [-0.2, 0) is 12.7 Å². The number of aromatic nitrogens is 5. The topological polar surface area (TPSA) is 86.2 Å². The number of nitrogens with zero attached hydrogens (tertiary/aromatic N) is 7. The Bertz CT molecular complexity index is 1110. The molecule has 3 saturated heterocycles. The number of urea groups is 1. The summed E-state index contributed by atoms with van der Waals surface area (Å²) in [5.41, 5.74) is -0.0680. The lowest BCUT2D eigenvalue weighted by molar-refractivity contribution is -0.141. The van der Waals surface area contributed by atoms with E-state index in [1.165, 1.54) is 12.8 Å². The van der Waals surface area contributed by atoms with E-state index in [0.717, 1.165) is 64.0 Å². The van der Waals surface area contributed by atoms with Crippen molar-refractivity contribution in [3.05, 3.63) is 29.6 Å². The van der Waals surface area contributed by atoms with Crippen LogP contribution in [0.4, 0.5) is 18.0 Å². The Morgan fingerprint density at radius 1 is 1.06 bits per heavy atom. The molecule has 5 heterocycles. The first-order valence-corrected chi connectivity index (χ1v) is 12.0. The molecule has 1 N–H and O–H groups in total. The molecule has 12 heteroatoms. The summed E-state index contributed by atoms with van der Waals surface area (Å²) in [7, 11) is 0. The number of halogens is 3. The molecule has 3 aliphatic heterocycles. The van der Waals surface area contributed by atoms with E-state index in [2.05, 4.69) is 25.2 Å². The third kappa shape index (κ3) is 3.32. The minimum absolute atomic E-state index is 0.0962. The van der Waals surface area contributed by atoms with Gasteiger partial charge < -0.3 is 9.80 Å². The first-order chi connectivity index (χ1) is 16.2. The number of amides is 2. The Kier molecular flexibility index (Phi) is 4.10. The number of hydrogen-bond donors (Lipinski definition) is 1. The first-order valence-electron chi connectivity index (χ1n) is 12.0. The van der Waals surface area contributed by atoms with Gasteiger partial charge in [-0.15, -0.1) is 0 Å². The fourth-order valence-electron chi connectivity index (χ4n) is 6.42. The lowest BCUT2D eigenvalue weighted by Crippen LogP contribution is -2.75. The fourth-order valence-corrected chi connectivity index (χ4v) is 6.42. The predicted molar refractivity (Wildman–Crippen MR) is 113 cm³/mol. The molecule has 2 aromatic heterocycles. The lowest BCUT2D eigenvalue weighted by atomic mass is 9.60. The number of alkyl halides is 3. The quantitative estimate of drug-likeness (QED) is 0.733. The number of likely N-dealkylation sites (tertiary alicyclic amines) is 3. The zero-order valence-electron chi connectivity index (χ0n) is 18.8. The van der Waals surface area contributed by atoms with E-state index in [-0.39, 0.29) is 16.9 Å². The molecule has 182 valence electrons. The molecule has 2 amide bonds. The standard InChI is InChI=1S/C22H27F3N8O/c23-22(24,25)17-3-15(27-28-17)6-30-7-21(8-30)11-32(12-21)19(34)31-9-20(10-31)4-16(5-20)33-13-26-18(29-33)14-1-2-14/h3,13-14,16H,1-2,4-12H2,(H,27,28). The zero-order chi connectivity index (χ0) is 23.3. The van der Waals surface area contributed by atoms with Crippen molar-refractivity contribution in [1.29, 1.82) is 0 Å². The molecular formula is C22H27F3N8O. The maximum atomic E-state index is 12.9. The molecule has 34 heavy (non-hydrogen) atoms. The Morgan fingerprint density at radius 2 is 1.74 bits per heavy atom.